The monoisotopic (exact) mass is 262 g/mol. The molecular weight excluding hydrogens is 244 g/mol. The second kappa shape index (κ2) is 5.14. The highest BCUT2D eigenvalue weighted by atomic mass is 32.2. The summed E-state index contributed by atoms with van der Waals surface area (Å²) in [6.45, 7) is 6.71. The molecule has 1 aromatic carbocycles. The first kappa shape index (κ1) is 13.1. The van der Waals surface area contributed by atoms with Gasteiger partial charge < -0.3 is 5.32 Å². The predicted molar refractivity (Wildman–Crippen MR) is 76.6 cm³/mol. The van der Waals surface area contributed by atoms with Crippen molar-refractivity contribution in [2.45, 2.75) is 32.1 Å². The SMILES string of the molecule is CC(C)C1(C)SC(=NCc2ccccc2)NC1=O. The van der Waals surface area contributed by atoms with Crippen molar-refractivity contribution in [1.29, 1.82) is 0 Å². The third-order valence-electron chi connectivity index (χ3n) is 3.33. The van der Waals surface area contributed by atoms with Gasteiger partial charge in [0.25, 0.3) is 0 Å². The summed E-state index contributed by atoms with van der Waals surface area (Å²) < 4.78 is -0.393. The van der Waals surface area contributed by atoms with E-state index in [1.165, 1.54) is 11.8 Å². The third kappa shape index (κ3) is 2.58. The lowest BCUT2D eigenvalue weighted by atomic mass is 9.96. The maximum Gasteiger partial charge on any atom is 0.242 e. The van der Waals surface area contributed by atoms with Crippen LogP contribution in [0.5, 0.6) is 0 Å². The van der Waals surface area contributed by atoms with Crippen molar-refractivity contribution >= 4 is 22.8 Å². The molecule has 1 N–H and O–H groups in total. The average molecular weight is 262 g/mol. The zero-order chi connectivity index (χ0) is 13.2. The van der Waals surface area contributed by atoms with Crippen molar-refractivity contribution < 1.29 is 4.79 Å². The molecule has 1 heterocycles. The fourth-order valence-corrected chi connectivity index (χ4v) is 2.75. The van der Waals surface area contributed by atoms with Crippen LogP contribution in [0.3, 0.4) is 0 Å². The topological polar surface area (TPSA) is 41.5 Å². The summed E-state index contributed by atoms with van der Waals surface area (Å²) in [6, 6.07) is 10.0. The average Bonchev–Trinajstić information content (AvgIpc) is 2.65. The van der Waals surface area contributed by atoms with Crippen molar-refractivity contribution in [2.75, 3.05) is 0 Å². The number of aliphatic imine (C=N–C) groups is 1. The van der Waals surface area contributed by atoms with Gasteiger partial charge in [-0.25, -0.2) is 0 Å². The quantitative estimate of drug-likeness (QED) is 0.910. The highest BCUT2D eigenvalue weighted by Crippen LogP contribution is 2.37. The van der Waals surface area contributed by atoms with Crippen LogP contribution in [0.25, 0.3) is 0 Å². The van der Waals surface area contributed by atoms with Crippen molar-refractivity contribution in [1.82, 2.24) is 5.32 Å². The van der Waals surface area contributed by atoms with Crippen LogP contribution in [0.4, 0.5) is 0 Å². The second-order valence-corrected chi connectivity index (χ2v) is 6.36. The Kier molecular flexibility index (Phi) is 3.76. The van der Waals surface area contributed by atoms with Gasteiger partial charge >= 0.3 is 0 Å². The Morgan fingerprint density at radius 1 is 1.33 bits per heavy atom. The summed E-state index contributed by atoms with van der Waals surface area (Å²) >= 11 is 1.54. The molecule has 0 saturated carbocycles. The lowest BCUT2D eigenvalue weighted by Gasteiger charge is -2.22. The Morgan fingerprint density at radius 3 is 2.56 bits per heavy atom. The molecule has 1 aliphatic heterocycles. The van der Waals surface area contributed by atoms with Gasteiger partial charge in [0, 0.05) is 0 Å². The van der Waals surface area contributed by atoms with Gasteiger partial charge in [-0.1, -0.05) is 55.9 Å². The van der Waals surface area contributed by atoms with E-state index < -0.39 is 4.75 Å². The van der Waals surface area contributed by atoms with E-state index in [-0.39, 0.29) is 11.8 Å². The lowest BCUT2D eigenvalue weighted by Crippen LogP contribution is -2.38. The zero-order valence-electron chi connectivity index (χ0n) is 10.9. The van der Waals surface area contributed by atoms with Crippen LogP contribution in [0.15, 0.2) is 35.3 Å². The minimum Gasteiger partial charge on any atom is -0.304 e. The molecule has 1 saturated heterocycles. The summed E-state index contributed by atoms with van der Waals surface area (Å²) in [5, 5.41) is 3.61. The van der Waals surface area contributed by atoms with Gasteiger partial charge in [-0.2, -0.15) is 0 Å². The van der Waals surface area contributed by atoms with E-state index >= 15 is 0 Å². The van der Waals surface area contributed by atoms with Gasteiger partial charge in [0.2, 0.25) is 5.91 Å². The Hall–Kier alpha value is -1.29. The molecule has 0 aliphatic carbocycles. The van der Waals surface area contributed by atoms with E-state index in [0.29, 0.717) is 6.54 Å². The predicted octanol–water partition coefficient (Wildman–Crippen LogP) is 2.82. The summed E-state index contributed by atoms with van der Waals surface area (Å²) in [7, 11) is 0. The number of nitrogens with one attached hydrogen (secondary N) is 1. The molecule has 0 spiro atoms. The molecule has 1 aliphatic rings. The largest absolute Gasteiger partial charge is 0.304 e. The summed E-state index contributed by atoms with van der Waals surface area (Å²) in [5.41, 5.74) is 1.15. The number of thioether (sulfide) groups is 1. The molecule has 3 nitrogen and oxygen atoms in total. The third-order valence-corrected chi connectivity index (χ3v) is 4.84. The molecule has 1 amide bonds. The van der Waals surface area contributed by atoms with Gasteiger partial charge in [-0.15, -0.1) is 0 Å². The molecule has 0 aromatic heterocycles. The van der Waals surface area contributed by atoms with Gasteiger partial charge in [0.15, 0.2) is 5.17 Å². The van der Waals surface area contributed by atoms with Gasteiger partial charge in [-0.3, -0.25) is 9.79 Å². The van der Waals surface area contributed by atoms with Gasteiger partial charge in [-0.05, 0) is 18.4 Å². The minimum absolute atomic E-state index is 0.0642. The first-order valence-electron chi connectivity index (χ1n) is 6.11. The summed E-state index contributed by atoms with van der Waals surface area (Å²) in [5.74, 6) is 0.348. The number of nitrogens with zero attached hydrogens (tertiary/aromatic N) is 1. The number of amides is 1. The van der Waals surface area contributed by atoms with Crippen LogP contribution in [0.2, 0.25) is 0 Å². The van der Waals surface area contributed by atoms with Gasteiger partial charge in [0.05, 0.1) is 6.54 Å². The number of rotatable bonds is 3. The molecule has 18 heavy (non-hydrogen) atoms. The van der Waals surface area contributed by atoms with Crippen molar-refractivity contribution in [2.24, 2.45) is 10.9 Å². The molecule has 1 atom stereocenters. The molecule has 0 radical (unpaired) electrons. The smallest absolute Gasteiger partial charge is 0.242 e. The van der Waals surface area contributed by atoms with E-state index in [1.54, 1.807) is 0 Å². The zero-order valence-corrected chi connectivity index (χ0v) is 11.8. The molecule has 0 bridgehead atoms. The Balaban J connectivity index is 2.07. The number of hydrogen-bond donors (Lipinski definition) is 1. The van der Waals surface area contributed by atoms with Crippen LogP contribution in [0, 0.1) is 5.92 Å². The van der Waals surface area contributed by atoms with Crippen LogP contribution < -0.4 is 5.32 Å². The Morgan fingerprint density at radius 2 is 2.00 bits per heavy atom. The molecule has 1 unspecified atom stereocenters. The first-order chi connectivity index (χ1) is 8.52. The van der Waals surface area contributed by atoms with E-state index in [0.717, 1.165) is 10.7 Å². The molecule has 4 heteroatoms. The standard InChI is InChI=1S/C14H18N2OS/c1-10(2)14(3)12(17)16-13(18-14)15-9-11-7-5-4-6-8-11/h4-8,10H,9H2,1-3H3,(H,15,16,17). The second-order valence-electron chi connectivity index (χ2n) is 4.92. The molecule has 2 rings (SSSR count). The number of carbonyl (C=O) groups excluding carboxylic acids is 1. The van der Waals surface area contributed by atoms with Crippen molar-refractivity contribution in [3.8, 4) is 0 Å². The Labute approximate surface area is 112 Å². The van der Waals surface area contributed by atoms with Crippen LogP contribution in [-0.4, -0.2) is 15.8 Å². The van der Waals surface area contributed by atoms with E-state index in [4.69, 9.17) is 0 Å². The maximum absolute atomic E-state index is 11.9. The highest BCUT2D eigenvalue weighted by molar-refractivity contribution is 8.16. The molecule has 1 fully saturated rings. The van der Waals surface area contributed by atoms with Crippen LogP contribution >= 0.6 is 11.8 Å². The summed E-state index contributed by atoms with van der Waals surface area (Å²) in [6.07, 6.45) is 0. The summed E-state index contributed by atoms with van der Waals surface area (Å²) in [4.78, 5) is 16.4. The lowest BCUT2D eigenvalue weighted by molar-refractivity contribution is -0.122. The number of carbonyl (C=O) groups is 1. The normalized spacial score (nSPS) is 25.8. The molecular formula is C14H18N2OS. The first-order valence-corrected chi connectivity index (χ1v) is 6.93. The molecule has 96 valence electrons. The van der Waals surface area contributed by atoms with Gasteiger partial charge in [0.1, 0.15) is 4.75 Å². The Bertz CT molecular complexity index is 470. The minimum atomic E-state index is -0.393. The van der Waals surface area contributed by atoms with Crippen LogP contribution in [-0.2, 0) is 11.3 Å². The number of hydrogen-bond acceptors (Lipinski definition) is 3. The van der Waals surface area contributed by atoms with E-state index in [1.807, 2.05) is 37.3 Å². The fraction of sp³-hybridized carbons (Fsp3) is 0.429. The fourth-order valence-electron chi connectivity index (χ4n) is 1.69. The number of amidine groups is 1. The number of benzene rings is 1. The highest BCUT2D eigenvalue weighted by Gasteiger charge is 2.44. The van der Waals surface area contributed by atoms with Crippen molar-refractivity contribution in [3.05, 3.63) is 35.9 Å². The van der Waals surface area contributed by atoms with E-state index in [9.17, 15) is 4.79 Å². The van der Waals surface area contributed by atoms with Crippen molar-refractivity contribution in [3.63, 3.8) is 0 Å². The van der Waals surface area contributed by atoms with Crippen LogP contribution in [0.1, 0.15) is 26.3 Å². The maximum atomic E-state index is 11.9. The molecule has 1 aromatic rings. The van der Waals surface area contributed by atoms with E-state index in [2.05, 4.69) is 24.2 Å².